The molecule has 1 fully saturated rings. The summed E-state index contributed by atoms with van der Waals surface area (Å²) in [6, 6.07) is 8.92. The lowest BCUT2D eigenvalue weighted by Crippen LogP contribution is -2.32. The van der Waals surface area contributed by atoms with Gasteiger partial charge < -0.3 is 4.74 Å². The van der Waals surface area contributed by atoms with Gasteiger partial charge in [-0.25, -0.2) is 4.79 Å². The van der Waals surface area contributed by atoms with E-state index in [0.717, 1.165) is 6.42 Å². The number of rotatable bonds is 6. The van der Waals surface area contributed by atoms with Crippen LogP contribution >= 0.6 is 0 Å². The van der Waals surface area contributed by atoms with E-state index in [1.165, 1.54) is 0 Å². The highest BCUT2D eigenvalue weighted by Gasteiger charge is 2.46. The van der Waals surface area contributed by atoms with Gasteiger partial charge in [0.05, 0.1) is 12.2 Å². The second-order valence-electron chi connectivity index (χ2n) is 5.76. The number of allylic oxidation sites excluding steroid dienone is 1. The molecule has 1 aromatic rings. The number of hydrogen-bond acceptors (Lipinski definition) is 3. The average Bonchev–Trinajstić information content (AvgIpc) is 2.77. The Labute approximate surface area is 126 Å². The van der Waals surface area contributed by atoms with E-state index in [1.807, 2.05) is 6.07 Å². The van der Waals surface area contributed by atoms with E-state index in [9.17, 15) is 9.59 Å². The molecule has 0 radical (unpaired) electrons. The van der Waals surface area contributed by atoms with Crippen LogP contribution in [0, 0.1) is 11.3 Å². The van der Waals surface area contributed by atoms with Crippen molar-refractivity contribution in [3.63, 3.8) is 0 Å². The monoisotopic (exact) mass is 286 g/mol. The summed E-state index contributed by atoms with van der Waals surface area (Å²) < 4.78 is 5.33. The molecule has 3 nitrogen and oxygen atoms in total. The van der Waals surface area contributed by atoms with Crippen molar-refractivity contribution in [3.05, 3.63) is 48.6 Å². The molecule has 1 saturated carbocycles. The minimum atomic E-state index is -0.390. The van der Waals surface area contributed by atoms with Crippen LogP contribution in [0.3, 0.4) is 0 Å². The number of carbonyl (C=O) groups excluding carboxylic acids is 2. The highest BCUT2D eigenvalue weighted by atomic mass is 16.5. The van der Waals surface area contributed by atoms with Gasteiger partial charge in [-0.05, 0) is 37.3 Å². The predicted octanol–water partition coefficient (Wildman–Crippen LogP) is 3.80. The summed E-state index contributed by atoms with van der Waals surface area (Å²) in [7, 11) is 0. The first-order chi connectivity index (χ1) is 10.1. The summed E-state index contributed by atoms with van der Waals surface area (Å²) in [5.74, 6) is 0.270. The SMILES string of the molecule is C=CCC1(CCOC(=O)c2ccccc2)C(=O)CCC1C. The lowest BCUT2D eigenvalue weighted by Gasteiger charge is -2.31. The summed E-state index contributed by atoms with van der Waals surface area (Å²) in [6.07, 6.45) is 4.59. The molecule has 0 bridgehead atoms. The van der Waals surface area contributed by atoms with Gasteiger partial charge in [-0.1, -0.05) is 31.2 Å². The Balaban J connectivity index is 1.96. The van der Waals surface area contributed by atoms with Gasteiger partial charge in [-0.15, -0.1) is 6.58 Å². The Morgan fingerprint density at radius 1 is 1.43 bits per heavy atom. The topological polar surface area (TPSA) is 43.4 Å². The third-order valence-electron chi connectivity index (χ3n) is 4.60. The first kappa shape index (κ1) is 15.5. The molecule has 0 spiro atoms. The smallest absolute Gasteiger partial charge is 0.338 e. The van der Waals surface area contributed by atoms with Crippen LogP contribution in [0.2, 0.25) is 0 Å². The summed E-state index contributed by atoms with van der Waals surface area (Å²) in [5.41, 5.74) is 0.152. The zero-order valence-corrected chi connectivity index (χ0v) is 12.5. The van der Waals surface area contributed by atoms with E-state index in [-0.39, 0.29) is 18.4 Å². The quantitative estimate of drug-likeness (QED) is 0.590. The van der Waals surface area contributed by atoms with Crippen molar-refractivity contribution >= 4 is 11.8 Å². The Morgan fingerprint density at radius 2 is 2.14 bits per heavy atom. The molecule has 1 aliphatic rings. The minimum absolute atomic E-state index is 0.275. The first-order valence-corrected chi connectivity index (χ1v) is 7.46. The molecule has 2 atom stereocenters. The molecule has 0 aromatic heterocycles. The average molecular weight is 286 g/mol. The normalized spacial score (nSPS) is 24.8. The largest absolute Gasteiger partial charge is 0.462 e. The van der Waals surface area contributed by atoms with Crippen LogP contribution in [-0.2, 0) is 9.53 Å². The Bertz CT molecular complexity index is 521. The van der Waals surface area contributed by atoms with Gasteiger partial charge in [0.25, 0.3) is 0 Å². The molecule has 2 rings (SSSR count). The molecule has 1 aromatic carbocycles. The molecule has 1 aliphatic carbocycles. The van der Waals surface area contributed by atoms with Crippen LogP contribution in [-0.4, -0.2) is 18.4 Å². The molecular weight excluding hydrogens is 264 g/mol. The third kappa shape index (κ3) is 3.23. The Hall–Kier alpha value is -1.90. The molecule has 3 heteroatoms. The molecule has 112 valence electrons. The fraction of sp³-hybridized carbons (Fsp3) is 0.444. The maximum absolute atomic E-state index is 12.3. The van der Waals surface area contributed by atoms with E-state index in [2.05, 4.69) is 13.5 Å². The van der Waals surface area contributed by atoms with Gasteiger partial charge in [0.2, 0.25) is 0 Å². The maximum atomic E-state index is 12.3. The summed E-state index contributed by atoms with van der Waals surface area (Å²) in [5, 5.41) is 0. The van der Waals surface area contributed by atoms with Crippen molar-refractivity contribution in [1.29, 1.82) is 0 Å². The number of carbonyl (C=O) groups is 2. The molecule has 21 heavy (non-hydrogen) atoms. The van der Waals surface area contributed by atoms with E-state index < -0.39 is 5.41 Å². The van der Waals surface area contributed by atoms with E-state index in [4.69, 9.17) is 4.74 Å². The Morgan fingerprint density at radius 3 is 2.71 bits per heavy atom. The van der Waals surface area contributed by atoms with Gasteiger partial charge in [-0.3, -0.25) is 4.79 Å². The number of ether oxygens (including phenoxy) is 1. The van der Waals surface area contributed by atoms with Gasteiger partial charge >= 0.3 is 5.97 Å². The van der Waals surface area contributed by atoms with Crippen molar-refractivity contribution in [2.75, 3.05) is 6.61 Å². The van der Waals surface area contributed by atoms with Gasteiger partial charge in [0.1, 0.15) is 5.78 Å². The van der Waals surface area contributed by atoms with Crippen LogP contribution in [0.5, 0.6) is 0 Å². The lowest BCUT2D eigenvalue weighted by molar-refractivity contribution is -0.128. The second-order valence-corrected chi connectivity index (χ2v) is 5.76. The zero-order chi connectivity index (χ0) is 15.3. The van der Waals surface area contributed by atoms with Crippen molar-refractivity contribution < 1.29 is 14.3 Å². The van der Waals surface area contributed by atoms with Crippen molar-refractivity contribution in [2.24, 2.45) is 11.3 Å². The summed E-state index contributed by atoms with van der Waals surface area (Å²) in [4.78, 5) is 24.2. The first-order valence-electron chi connectivity index (χ1n) is 7.46. The second kappa shape index (κ2) is 6.70. The van der Waals surface area contributed by atoms with Gasteiger partial charge in [0, 0.05) is 11.8 Å². The highest BCUT2D eigenvalue weighted by Crippen LogP contribution is 2.46. The van der Waals surface area contributed by atoms with Crippen LogP contribution in [0.4, 0.5) is 0 Å². The molecule has 0 amide bonds. The fourth-order valence-corrected chi connectivity index (χ4v) is 3.19. The van der Waals surface area contributed by atoms with Crippen LogP contribution in [0.25, 0.3) is 0 Å². The number of Topliss-reactive ketones (excluding diaryl/α,β-unsaturated/α-hetero) is 1. The van der Waals surface area contributed by atoms with Crippen LogP contribution in [0.15, 0.2) is 43.0 Å². The van der Waals surface area contributed by atoms with Crippen LogP contribution < -0.4 is 0 Å². The van der Waals surface area contributed by atoms with Gasteiger partial charge in [0.15, 0.2) is 0 Å². The number of benzene rings is 1. The highest BCUT2D eigenvalue weighted by molar-refractivity contribution is 5.89. The molecule has 0 N–H and O–H groups in total. The van der Waals surface area contributed by atoms with Crippen LogP contribution in [0.1, 0.15) is 43.0 Å². The van der Waals surface area contributed by atoms with Crippen molar-refractivity contribution in [3.8, 4) is 0 Å². The maximum Gasteiger partial charge on any atom is 0.338 e. The minimum Gasteiger partial charge on any atom is -0.462 e. The molecule has 2 unspecified atom stereocenters. The predicted molar refractivity (Wildman–Crippen MR) is 82.0 cm³/mol. The van der Waals surface area contributed by atoms with Crippen molar-refractivity contribution in [2.45, 2.75) is 32.6 Å². The fourth-order valence-electron chi connectivity index (χ4n) is 3.19. The molecule has 0 heterocycles. The summed E-state index contributed by atoms with van der Waals surface area (Å²) in [6.45, 7) is 6.15. The third-order valence-corrected chi connectivity index (χ3v) is 4.60. The molecule has 0 aliphatic heterocycles. The zero-order valence-electron chi connectivity index (χ0n) is 12.5. The van der Waals surface area contributed by atoms with Gasteiger partial charge in [-0.2, -0.15) is 0 Å². The van der Waals surface area contributed by atoms with E-state index in [0.29, 0.717) is 30.7 Å². The summed E-state index contributed by atoms with van der Waals surface area (Å²) >= 11 is 0. The van der Waals surface area contributed by atoms with Crippen molar-refractivity contribution in [1.82, 2.24) is 0 Å². The Kier molecular flexibility index (Phi) is 4.94. The van der Waals surface area contributed by atoms with E-state index >= 15 is 0 Å². The number of esters is 1. The standard InChI is InChI=1S/C18H22O3/c1-3-11-18(14(2)9-10-16(18)19)12-13-21-17(20)15-7-5-4-6-8-15/h3-8,14H,1,9-13H2,2H3. The number of ketones is 1. The van der Waals surface area contributed by atoms with E-state index in [1.54, 1.807) is 30.3 Å². The lowest BCUT2D eigenvalue weighted by atomic mass is 9.73. The molecular formula is C18H22O3. The molecule has 0 saturated heterocycles. The number of hydrogen-bond donors (Lipinski definition) is 0.